The number of nitrogens with one attached hydrogen (secondary N) is 2. The molecule has 4 N–H and O–H groups in total. The molecule has 0 aromatic carbocycles. The van der Waals surface area contributed by atoms with Crippen LogP contribution in [0.15, 0.2) is 0 Å². The van der Waals surface area contributed by atoms with E-state index in [0.717, 1.165) is 64.3 Å². The second-order valence-electron chi connectivity index (χ2n) is 8.55. The quantitative estimate of drug-likeness (QED) is 0.621. The van der Waals surface area contributed by atoms with Crippen LogP contribution in [-0.4, -0.2) is 35.7 Å². The predicted molar refractivity (Wildman–Crippen MR) is 92.4 cm³/mol. The van der Waals surface area contributed by atoms with Crippen LogP contribution in [0, 0.1) is 23.7 Å². The summed E-state index contributed by atoms with van der Waals surface area (Å²) in [6.45, 7) is 0.731. The van der Waals surface area contributed by atoms with E-state index in [1.54, 1.807) is 0 Å². The number of rotatable bonds is 6. The fourth-order valence-corrected chi connectivity index (χ4v) is 5.78. The van der Waals surface area contributed by atoms with Gasteiger partial charge in [0.05, 0.1) is 5.92 Å². The van der Waals surface area contributed by atoms with Gasteiger partial charge in [0.2, 0.25) is 11.7 Å². The van der Waals surface area contributed by atoms with Crippen LogP contribution in [-0.2, 0) is 14.4 Å². The number of hydrogen-bond donors (Lipinski definition) is 3. The first-order chi connectivity index (χ1) is 12.0. The van der Waals surface area contributed by atoms with Crippen LogP contribution in [0.1, 0.15) is 57.8 Å². The molecule has 0 aromatic rings. The Balaban J connectivity index is 1.68. The minimum Gasteiger partial charge on any atom is -0.368 e. The van der Waals surface area contributed by atoms with Crippen LogP contribution in [0.4, 0.5) is 0 Å². The zero-order valence-corrected chi connectivity index (χ0v) is 14.8. The normalized spacial score (nSPS) is 36.2. The van der Waals surface area contributed by atoms with Crippen LogP contribution in [0.3, 0.4) is 0 Å². The second kappa shape index (κ2) is 6.38. The lowest BCUT2D eigenvalue weighted by Gasteiger charge is -2.41. The molecule has 0 spiro atoms. The van der Waals surface area contributed by atoms with Crippen LogP contribution in [0.2, 0.25) is 0 Å². The van der Waals surface area contributed by atoms with Gasteiger partial charge in [-0.25, -0.2) is 0 Å². The molecule has 0 radical (unpaired) electrons. The molecule has 1 heterocycles. The van der Waals surface area contributed by atoms with Gasteiger partial charge in [-0.15, -0.1) is 0 Å². The number of Topliss-reactive ketones (excluding diaryl/α,β-unsaturated/α-hetero) is 1. The Labute approximate surface area is 148 Å². The fraction of sp³-hybridized carbons (Fsp3) is 0.842. The predicted octanol–water partition coefficient (Wildman–Crippen LogP) is 0.884. The monoisotopic (exact) mass is 347 g/mol. The number of fused-ring (bicyclic) bond motifs is 1. The molecule has 4 atom stereocenters. The molecule has 4 fully saturated rings. The Hall–Kier alpha value is -1.43. The molecule has 3 saturated carbocycles. The van der Waals surface area contributed by atoms with E-state index in [1.807, 2.05) is 0 Å². The van der Waals surface area contributed by atoms with Gasteiger partial charge in [-0.05, 0) is 62.8 Å². The molecule has 1 saturated heterocycles. The van der Waals surface area contributed by atoms with Gasteiger partial charge < -0.3 is 16.4 Å². The Kier molecular flexibility index (Phi) is 4.34. The van der Waals surface area contributed by atoms with Crippen molar-refractivity contribution in [2.75, 3.05) is 6.54 Å². The van der Waals surface area contributed by atoms with Gasteiger partial charge in [-0.3, -0.25) is 14.4 Å². The number of ketones is 1. The number of amides is 2. The highest BCUT2D eigenvalue weighted by atomic mass is 16.2. The van der Waals surface area contributed by atoms with Crippen LogP contribution < -0.4 is 16.4 Å². The third kappa shape index (κ3) is 2.78. The number of primary amides is 1. The molecule has 25 heavy (non-hydrogen) atoms. The summed E-state index contributed by atoms with van der Waals surface area (Å²) in [7, 11) is 0. The van der Waals surface area contributed by atoms with Gasteiger partial charge in [0, 0.05) is 6.04 Å². The first-order valence-corrected chi connectivity index (χ1v) is 9.93. The second-order valence-corrected chi connectivity index (χ2v) is 8.55. The van der Waals surface area contributed by atoms with Crippen molar-refractivity contribution < 1.29 is 14.4 Å². The molecule has 4 aliphatic rings. The first-order valence-electron chi connectivity index (χ1n) is 9.93. The van der Waals surface area contributed by atoms with Crippen LogP contribution >= 0.6 is 0 Å². The summed E-state index contributed by atoms with van der Waals surface area (Å²) in [5.74, 6) is -1.41. The van der Waals surface area contributed by atoms with E-state index in [2.05, 4.69) is 10.6 Å². The molecule has 0 aromatic heterocycles. The Morgan fingerprint density at radius 1 is 1.00 bits per heavy atom. The summed E-state index contributed by atoms with van der Waals surface area (Å²) in [5.41, 5.74) is 4.89. The van der Waals surface area contributed by atoms with Crippen molar-refractivity contribution in [2.24, 2.45) is 29.4 Å². The van der Waals surface area contributed by atoms with Gasteiger partial charge in [-0.2, -0.15) is 0 Å². The van der Waals surface area contributed by atoms with Crippen molar-refractivity contribution in [3.8, 4) is 0 Å². The number of carbonyl (C=O) groups is 3. The van der Waals surface area contributed by atoms with Crippen LogP contribution in [0.25, 0.3) is 0 Å². The average molecular weight is 347 g/mol. The first kappa shape index (κ1) is 17.0. The largest absolute Gasteiger partial charge is 0.368 e. The summed E-state index contributed by atoms with van der Waals surface area (Å²) in [6, 6.07) is 0.140. The molecule has 1 aliphatic heterocycles. The van der Waals surface area contributed by atoms with Crippen molar-refractivity contribution in [3.63, 3.8) is 0 Å². The summed E-state index contributed by atoms with van der Waals surface area (Å²) in [6.07, 6.45) is 8.87. The number of nitrogens with two attached hydrogens (primary N) is 1. The van der Waals surface area contributed by atoms with E-state index in [1.165, 1.54) is 0 Å². The molecule has 6 nitrogen and oxygen atoms in total. The number of carbonyl (C=O) groups excluding carboxylic acids is 3. The summed E-state index contributed by atoms with van der Waals surface area (Å²) < 4.78 is 0. The Morgan fingerprint density at radius 2 is 1.72 bits per heavy atom. The van der Waals surface area contributed by atoms with Crippen molar-refractivity contribution in [3.05, 3.63) is 0 Å². The van der Waals surface area contributed by atoms with Crippen molar-refractivity contribution in [1.82, 2.24) is 10.6 Å². The van der Waals surface area contributed by atoms with Gasteiger partial charge in [0.25, 0.3) is 5.91 Å². The van der Waals surface area contributed by atoms with E-state index >= 15 is 0 Å². The smallest absolute Gasteiger partial charge is 0.287 e. The minimum absolute atomic E-state index is 0.0804. The molecule has 0 bridgehead atoms. The van der Waals surface area contributed by atoms with E-state index in [4.69, 9.17) is 5.73 Å². The standard InChI is InChI=1S/C19H29N3O3/c20-18(25)19(14-7-3-6-12(14)10-21-19)15(11-4-1-2-5-11)16(23)17(24)22-13-8-9-13/h11-15,21H,1-10H2,(H2,20,25)(H,22,24)/t12?,14?,15-,19?/m1/s1. The van der Waals surface area contributed by atoms with Gasteiger partial charge in [-0.1, -0.05) is 19.3 Å². The fourth-order valence-electron chi connectivity index (χ4n) is 5.78. The SMILES string of the molecule is NC(=O)C1([C@@H](C(=O)C(=O)NC2CC2)C2CCCC2)NCC2CCCC21. The maximum Gasteiger partial charge on any atom is 0.287 e. The van der Waals surface area contributed by atoms with Gasteiger partial charge in [0.15, 0.2) is 0 Å². The topological polar surface area (TPSA) is 101 Å². The van der Waals surface area contributed by atoms with Crippen LogP contribution in [0.5, 0.6) is 0 Å². The molecule has 138 valence electrons. The maximum absolute atomic E-state index is 13.2. The van der Waals surface area contributed by atoms with E-state index < -0.39 is 29.1 Å². The lowest BCUT2D eigenvalue weighted by atomic mass is 9.65. The molecule has 2 amide bonds. The molecule has 6 heteroatoms. The molecule has 3 aliphatic carbocycles. The van der Waals surface area contributed by atoms with Crippen molar-refractivity contribution in [1.29, 1.82) is 0 Å². The lowest BCUT2D eigenvalue weighted by Crippen LogP contribution is -2.65. The van der Waals surface area contributed by atoms with Crippen molar-refractivity contribution in [2.45, 2.75) is 69.4 Å². The van der Waals surface area contributed by atoms with E-state index in [9.17, 15) is 14.4 Å². The Bertz CT molecular complexity index is 582. The lowest BCUT2D eigenvalue weighted by molar-refractivity contribution is -0.147. The highest BCUT2D eigenvalue weighted by molar-refractivity contribution is 6.38. The highest BCUT2D eigenvalue weighted by Crippen LogP contribution is 2.50. The summed E-state index contributed by atoms with van der Waals surface area (Å²) in [5, 5.41) is 6.21. The van der Waals surface area contributed by atoms with E-state index in [-0.39, 0.29) is 17.9 Å². The summed E-state index contributed by atoms with van der Waals surface area (Å²) >= 11 is 0. The van der Waals surface area contributed by atoms with Gasteiger partial charge >= 0.3 is 0 Å². The summed E-state index contributed by atoms with van der Waals surface area (Å²) in [4.78, 5) is 38.5. The van der Waals surface area contributed by atoms with Crippen molar-refractivity contribution >= 4 is 17.6 Å². The third-order valence-electron chi connectivity index (χ3n) is 7.09. The Morgan fingerprint density at radius 3 is 2.36 bits per heavy atom. The molecule has 4 rings (SSSR count). The molecule has 3 unspecified atom stereocenters. The minimum atomic E-state index is -1.03. The van der Waals surface area contributed by atoms with E-state index in [0.29, 0.717) is 5.92 Å². The zero-order chi connectivity index (χ0) is 17.6. The third-order valence-corrected chi connectivity index (χ3v) is 7.09. The van der Waals surface area contributed by atoms with Gasteiger partial charge in [0.1, 0.15) is 5.54 Å². The average Bonchev–Trinajstić information content (AvgIpc) is 3.00. The highest BCUT2D eigenvalue weighted by Gasteiger charge is 2.62. The number of hydrogen-bond acceptors (Lipinski definition) is 4. The molecular weight excluding hydrogens is 318 g/mol. The molecular formula is C19H29N3O3. The zero-order valence-electron chi connectivity index (χ0n) is 14.8. The maximum atomic E-state index is 13.2.